The lowest BCUT2D eigenvalue weighted by Gasteiger charge is -2.40. The van der Waals surface area contributed by atoms with E-state index >= 15 is 0 Å². The van der Waals surface area contributed by atoms with Crippen molar-refractivity contribution in [3.05, 3.63) is 64.2 Å². The lowest BCUT2D eigenvalue weighted by atomic mass is 9.88. The van der Waals surface area contributed by atoms with Gasteiger partial charge in [0.25, 0.3) is 0 Å². The highest BCUT2D eigenvalue weighted by Gasteiger charge is 2.44. The number of amides is 2. The first-order chi connectivity index (χ1) is 18.0. The van der Waals surface area contributed by atoms with Gasteiger partial charge in [-0.2, -0.15) is 0 Å². The molecular weight excluding hydrogens is 492 g/mol. The number of carbonyl (C=O) groups excluding carboxylic acids is 1. The van der Waals surface area contributed by atoms with Crippen molar-refractivity contribution in [3.8, 4) is 5.75 Å². The summed E-state index contributed by atoms with van der Waals surface area (Å²) < 4.78 is 5.64. The van der Waals surface area contributed by atoms with Crippen LogP contribution in [0.15, 0.2) is 36.4 Å². The minimum atomic E-state index is -1.53. The molecule has 0 unspecified atom stereocenters. The van der Waals surface area contributed by atoms with E-state index in [0.717, 1.165) is 35.1 Å². The molecule has 0 aromatic heterocycles. The van der Waals surface area contributed by atoms with Gasteiger partial charge < -0.3 is 46.0 Å². The molecule has 0 spiro atoms. The van der Waals surface area contributed by atoms with Crippen molar-refractivity contribution in [2.75, 3.05) is 19.8 Å². The molecule has 1 heterocycles. The van der Waals surface area contributed by atoms with Crippen molar-refractivity contribution in [2.24, 2.45) is 0 Å². The van der Waals surface area contributed by atoms with Crippen molar-refractivity contribution in [1.29, 1.82) is 0 Å². The third kappa shape index (κ3) is 7.43. The molecule has 38 heavy (non-hydrogen) atoms. The number of aryl methyl sites for hydroxylation is 2. The van der Waals surface area contributed by atoms with Crippen LogP contribution in [-0.2, 0) is 17.6 Å². The summed E-state index contributed by atoms with van der Waals surface area (Å²) in [5, 5.41) is 65.5. The Balaban J connectivity index is 1.61. The third-order valence-electron chi connectivity index (χ3n) is 6.88. The summed E-state index contributed by atoms with van der Waals surface area (Å²) >= 11 is 0. The van der Waals surface area contributed by atoms with Crippen LogP contribution in [0.4, 0.5) is 4.79 Å². The van der Waals surface area contributed by atoms with Crippen LogP contribution in [-0.4, -0.2) is 86.4 Å². The highest BCUT2D eigenvalue weighted by atomic mass is 16.5. The predicted molar refractivity (Wildman–Crippen MR) is 141 cm³/mol. The fraction of sp³-hybridized carbons (Fsp3) is 0.536. The lowest BCUT2D eigenvalue weighted by Crippen LogP contribution is -2.55. The Morgan fingerprint density at radius 3 is 2.29 bits per heavy atom. The fourth-order valence-electron chi connectivity index (χ4n) is 4.46. The number of phenols is 1. The summed E-state index contributed by atoms with van der Waals surface area (Å²) in [5.74, 6) is -0.104. The molecule has 2 aromatic carbocycles. The van der Waals surface area contributed by atoms with E-state index < -0.39 is 42.7 Å². The van der Waals surface area contributed by atoms with Crippen LogP contribution in [0.1, 0.15) is 54.2 Å². The molecule has 0 radical (unpaired) electrons. The van der Waals surface area contributed by atoms with E-state index in [2.05, 4.69) is 10.6 Å². The van der Waals surface area contributed by atoms with Gasteiger partial charge in [-0.1, -0.05) is 24.3 Å². The number of hydrogen-bond donors (Lipinski definition) is 8. The molecule has 0 bridgehead atoms. The predicted octanol–water partition coefficient (Wildman–Crippen LogP) is 0.809. The molecule has 0 aliphatic carbocycles. The summed E-state index contributed by atoms with van der Waals surface area (Å²) in [4.78, 5) is 11.9. The number of aliphatic hydroxyl groups is 5. The van der Waals surface area contributed by atoms with E-state index in [1.807, 2.05) is 31.2 Å². The Morgan fingerprint density at radius 1 is 1.00 bits per heavy atom. The van der Waals surface area contributed by atoms with Gasteiger partial charge in [0, 0.05) is 12.1 Å². The quantitative estimate of drug-likeness (QED) is 0.208. The molecular formula is C28H40N2O8. The molecule has 1 fully saturated rings. The SMILES string of the molecule is Cc1cc(O)c([C@@H]2O[C@H](CO)[C@@H](O)[C@H](O)[C@H]2O)cc1Cc1ccc(CCCNC(=O)NC(C)(C)CO)cc1. The average molecular weight is 533 g/mol. The number of nitrogens with one attached hydrogen (secondary N) is 2. The molecule has 2 aromatic rings. The number of aromatic hydroxyl groups is 1. The van der Waals surface area contributed by atoms with Gasteiger partial charge in [0.2, 0.25) is 0 Å². The summed E-state index contributed by atoms with van der Waals surface area (Å²) in [5.41, 5.74) is 3.49. The first-order valence-electron chi connectivity index (χ1n) is 12.8. The van der Waals surface area contributed by atoms with Crippen LogP contribution in [0.25, 0.3) is 0 Å². The van der Waals surface area contributed by atoms with Crippen LogP contribution in [0, 0.1) is 6.92 Å². The largest absolute Gasteiger partial charge is 0.508 e. The zero-order valence-electron chi connectivity index (χ0n) is 22.1. The van der Waals surface area contributed by atoms with Gasteiger partial charge in [0.15, 0.2) is 0 Å². The number of ether oxygens (including phenoxy) is 1. The topological polar surface area (TPSA) is 172 Å². The highest BCUT2D eigenvalue weighted by Crippen LogP contribution is 2.38. The van der Waals surface area contributed by atoms with Crippen LogP contribution in [0.3, 0.4) is 0 Å². The number of phenolic OH excluding ortho intramolecular Hbond substituents is 1. The zero-order chi connectivity index (χ0) is 28.0. The number of rotatable bonds is 10. The molecule has 1 aliphatic heterocycles. The summed E-state index contributed by atoms with van der Waals surface area (Å²) in [6, 6.07) is 11.1. The maximum Gasteiger partial charge on any atom is 0.315 e. The van der Waals surface area contributed by atoms with E-state index in [0.29, 0.717) is 13.0 Å². The number of urea groups is 1. The second-order valence-electron chi connectivity index (χ2n) is 10.6. The lowest BCUT2D eigenvalue weighted by molar-refractivity contribution is -0.232. The van der Waals surface area contributed by atoms with E-state index in [1.54, 1.807) is 26.0 Å². The third-order valence-corrected chi connectivity index (χ3v) is 6.88. The van der Waals surface area contributed by atoms with E-state index in [-0.39, 0.29) is 24.0 Å². The molecule has 1 saturated heterocycles. The van der Waals surface area contributed by atoms with Gasteiger partial charge >= 0.3 is 6.03 Å². The molecule has 0 saturated carbocycles. The number of carbonyl (C=O) groups is 1. The molecule has 3 rings (SSSR count). The molecule has 1 aliphatic rings. The van der Waals surface area contributed by atoms with Crippen LogP contribution < -0.4 is 10.6 Å². The second kappa shape index (κ2) is 12.9. The number of hydrogen-bond acceptors (Lipinski definition) is 8. The first kappa shape index (κ1) is 29.8. The van der Waals surface area contributed by atoms with E-state index in [4.69, 9.17) is 4.74 Å². The normalized spacial score (nSPS) is 23.7. The van der Waals surface area contributed by atoms with Gasteiger partial charge in [-0.05, 0) is 74.4 Å². The van der Waals surface area contributed by atoms with Crippen molar-refractivity contribution in [1.82, 2.24) is 10.6 Å². The molecule has 210 valence electrons. The van der Waals surface area contributed by atoms with Gasteiger partial charge in [-0.15, -0.1) is 0 Å². The van der Waals surface area contributed by atoms with Gasteiger partial charge in [0.05, 0.1) is 18.8 Å². The van der Waals surface area contributed by atoms with E-state index in [1.165, 1.54) is 0 Å². The standard InChI is InChI=1S/C28H40N2O8/c1-16-11-21(33)20(26-25(36)24(35)23(34)22(14-31)38-26)13-19(16)12-18-8-6-17(7-9-18)5-4-10-29-27(37)30-28(2,3)15-32/h6-9,11,13,22-26,31-36H,4-5,10,12,14-15H2,1-3H3,(H2,29,30,37)/t22-,23-,24+,25-,26+/m1/s1. The Labute approximate surface area is 222 Å². The summed E-state index contributed by atoms with van der Waals surface area (Å²) in [6.45, 7) is 5.16. The average Bonchev–Trinajstić information content (AvgIpc) is 2.88. The van der Waals surface area contributed by atoms with Crippen LogP contribution in [0.2, 0.25) is 0 Å². The monoisotopic (exact) mass is 532 g/mol. The highest BCUT2D eigenvalue weighted by molar-refractivity contribution is 5.74. The van der Waals surface area contributed by atoms with Crippen molar-refractivity contribution >= 4 is 6.03 Å². The van der Waals surface area contributed by atoms with Crippen molar-refractivity contribution in [2.45, 2.75) is 76.1 Å². The Bertz CT molecular complexity index is 1070. The Morgan fingerprint density at radius 2 is 1.66 bits per heavy atom. The fourth-order valence-corrected chi connectivity index (χ4v) is 4.46. The number of benzene rings is 2. The summed E-state index contributed by atoms with van der Waals surface area (Å²) in [7, 11) is 0. The van der Waals surface area contributed by atoms with Crippen molar-refractivity contribution < 1.29 is 40.2 Å². The summed E-state index contributed by atoms with van der Waals surface area (Å²) in [6.07, 6.45) is -4.56. The smallest absolute Gasteiger partial charge is 0.315 e. The molecule has 10 heteroatoms. The van der Waals surface area contributed by atoms with Crippen molar-refractivity contribution in [3.63, 3.8) is 0 Å². The second-order valence-corrected chi connectivity index (χ2v) is 10.6. The van der Waals surface area contributed by atoms with Gasteiger partial charge in [0.1, 0.15) is 36.3 Å². The Kier molecular flexibility index (Phi) is 10.1. The van der Waals surface area contributed by atoms with Crippen LogP contribution >= 0.6 is 0 Å². The van der Waals surface area contributed by atoms with Gasteiger partial charge in [-0.25, -0.2) is 4.79 Å². The Hall–Kier alpha value is -2.73. The maximum absolute atomic E-state index is 11.9. The molecule has 8 N–H and O–H groups in total. The minimum Gasteiger partial charge on any atom is -0.508 e. The molecule has 2 amide bonds. The zero-order valence-corrected chi connectivity index (χ0v) is 22.1. The van der Waals surface area contributed by atoms with E-state index in [9.17, 15) is 35.4 Å². The van der Waals surface area contributed by atoms with Crippen LogP contribution in [0.5, 0.6) is 5.75 Å². The van der Waals surface area contributed by atoms with Gasteiger partial charge in [-0.3, -0.25) is 0 Å². The first-order valence-corrected chi connectivity index (χ1v) is 12.8. The minimum absolute atomic E-state index is 0.104. The maximum atomic E-state index is 11.9. The number of aliphatic hydroxyl groups excluding tert-OH is 5. The molecule has 5 atom stereocenters. The molecule has 10 nitrogen and oxygen atoms in total.